The molecule has 0 unspecified atom stereocenters. The first-order chi connectivity index (χ1) is 15.5. The maximum atomic E-state index is 12.2. The van der Waals surface area contributed by atoms with Crippen molar-refractivity contribution in [2.45, 2.75) is 39.0 Å². The normalized spacial score (nSPS) is 14.1. The monoisotopic (exact) mass is 434 g/mol. The summed E-state index contributed by atoms with van der Waals surface area (Å²) < 4.78 is 7.68. The molecule has 3 aromatic heterocycles. The largest absolute Gasteiger partial charge is 0.455 e. The van der Waals surface area contributed by atoms with Crippen molar-refractivity contribution in [3.63, 3.8) is 0 Å². The van der Waals surface area contributed by atoms with Gasteiger partial charge in [0.1, 0.15) is 17.3 Å². The Kier molecular flexibility index (Phi) is 6.44. The number of hydrogen-bond acceptors (Lipinski definition) is 6. The van der Waals surface area contributed by atoms with Crippen LogP contribution in [-0.4, -0.2) is 31.7 Å². The van der Waals surface area contributed by atoms with E-state index in [0.29, 0.717) is 23.0 Å². The van der Waals surface area contributed by atoms with Crippen molar-refractivity contribution in [1.82, 2.24) is 25.1 Å². The van der Waals surface area contributed by atoms with Gasteiger partial charge in [0.05, 0.1) is 17.6 Å². The van der Waals surface area contributed by atoms with Gasteiger partial charge >= 0.3 is 6.03 Å². The number of imide groups is 1. The Bertz CT molecular complexity index is 1120. The second-order valence-corrected chi connectivity index (χ2v) is 7.94. The molecule has 9 nitrogen and oxygen atoms in total. The van der Waals surface area contributed by atoms with Crippen LogP contribution in [0.15, 0.2) is 42.9 Å². The van der Waals surface area contributed by atoms with E-state index < -0.39 is 6.03 Å². The first kappa shape index (κ1) is 21.5. The molecule has 4 rings (SSSR count). The molecule has 0 aliphatic heterocycles. The van der Waals surface area contributed by atoms with Crippen LogP contribution < -0.4 is 15.4 Å². The molecular formula is C23H26N6O3. The zero-order valence-corrected chi connectivity index (χ0v) is 18.2. The van der Waals surface area contributed by atoms with Gasteiger partial charge in [0.15, 0.2) is 0 Å². The van der Waals surface area contributed by atoms with E-state index in [9.17, 15) is 9.59 Å². The molecule has 0 atom stereocenters. The molecule has 0 radical (unpaired) electrons. The summed E-state index contributed by atoms with van der Waals surface area (Å²) in [6.45, 7) is 1.79. The minimum Gasteiger partial charge on any atom is -0.455 e. The average Bonchev–Trinajstić information content (AvgIpc) is 3.23. The van der Waals surface area contributed by atoms with E-state index in [0.717, 1.165) is 43.4 Å². The van der Waals surface area contributed by atoms with Crippen LogP contribution in [0.25, 0.3) is 11.3 Å². The van der Waals surface area contributed by atoms with E-state index >= 15 is 0 Å². The predicted molar refractivity (Wildman–Crippen MR) is 119 cm³/mol. The third-order valence-corrected chi connectivity index (χ3v) is 5.45. The van der Waals surface area contributed by atoms with Gasteiger partial charge in [-0.15, -0.1) is 0 Å². The first-order valence-corrected chi connectivity index (χ1v) is 10.7. The number of ether oxygens (including phenoxy) is 1. The Morgan fingerprint density at radius 1 is 1.16 bits per heavy atom. The summed E-state index contributed by atoms with van der Waals surface area (Å²) in [4.78, 5) is 33.2. The van der Waals surface area contributed by atoms with Crippen LogP contribution in [0.5, 0.6) is 11.5 Å². The molecule has 0 saturated heterocycles. The number of carbonyl (C=O) groups excluding carboxylic acids is 2. The zero-order valence-electron chi connectivity index (χ0n) is 18.2. The SMILES string of the molecule is Cc1nc(NC(=O)NC(=O)C2CCCCC2)ccc1Oc1ccnc(-c2cnn(C)c2)c1. The van der Waals surface area contributed by atoms with Gasteiger partial charge in [-0.25, -0.2) is 9.78 Å². The van der Waals surface area contributed by atoms with E-state index in [4.69, 9.17) is 4.74 Å². The van der Waals surface area contributed by atoms with Crippen molar-refractivity contribution in [1.29, 1.82) is 0 Å². The number of rotatable bonds is 5. The minimum atomic E-state index is -0.573. The van der Waals surface area contributed by atoms with Crippen molar-refractivity contribution in [2.24, 2.45) is 13.0 Å². The summed E-state index contributed by atoms with van der Waals surface area (Å²) in [5, 5.41) is 9.20. The van der Waals surface area contributed by atoms with Gasteiger partial charge in [-0.2, -0.15) is 5.10 Å². The highest BCUT2D eigenvalue weighted by Crippen LogP contribution is 2.28. The number of aromatic nitrogens is 4. The second kappa shape index (κ2) is 9.59. The van der Waals surface area contributed by atoms with E-state index in [1.807, 2.05) is 19.3 Å². The van der Waals surface area contributed by atoms with Gasteiger partial charge in [-0.3, -0.25) is 25.1 Å². The van der Waals surface area contributed by atoms with Gasteiger partial charge in [0, 0.05) is 37.0 Å². The van der Waals surface area contributed by atoms with E-state index in [2.05, 4.69) is 25.7 Å². The summed E-state index contributed by atoms with van der Waals surface area (Å²) in [6.07, 6.45) is 10.2. The van der Waals surface area contributed by atoms with E-state index in [1.54, 1.807) is 42.2 Å². The van der Waals surface area contributed by atoms with Gasteiger partial charge in [0.2, 0.25) is 5.91 Å². The minimum absolute atomic E-state index is 0.0862. The van der Waals surface area contributed by atoms with Crippen molar-refractivity contribution in [2.75, 3.05) is 5.32 Å². The third-order valence-electron chi connectivity index (χ3n) is 5.45. The fourth-order valence-corrected chi connectivity index (χ4v) is 3.77. The Morgan fingerprint density at radius 2 is 1.97 bits per heavy atom. The third kappa shape index (κ3) is 5.29. The number of nitrogens with zero attached hydrogens (tertiary/aromatic N) is 4. The molecule has 32 heavy (non-hydrogen) atoms. The standard InChI is InChI=1S/C23H26N6O3/c1-15-20(32-18-10-11-24-19(12-18)17-13-25-29(2)14-17)8-9-21(26-15)27-23(31)28-22(30)16-6-4-3-5-7-16/h8-14,16H,3-7H2,1-2H3,(H2,26,27,28,30,31). The first-order valence-electron chi connectivity index (χ1n) is 10.7. The summed E-state index contributed by atoms with van der Waals surface area (Å²) in [6, 6.07) is 6.38. The molecule has 0 aromatic carbocycles. The fraction of sp³-hybridized carbons (Fsp3) is 0.348. The van der Waals surface area contributed by atoms with Gasteiger partial charge in [-0.1, -0.05) is 19.3 Å². The molecule has 1 saturated carbocycles. The number of anilines is 1. The number of pyridine rings is 2. The molecule has 0 spiro atoms. The lowest BCUT2D eigenvalue weighted by molar-refractivity contribution is -0.124. The highest BCUT2D eigenvalue weighted by atomic mass is 16.5. The van der Waals surface area contributed by atoms with Gasteiger partial charge in [0.25, 0.3) is 0 Å². The van der Waals surface area contributed by atoms with E-state index in [-0.39, 0.29) is 11.8 Å². The van der Waals surface area contributed by atoms with Gasteiger partial charge in [-0.05, 0) is 38.0 Å². The molecule has 3 aromatic rings. The van der Waals surface area contributed by atoms with Crippen LogP contribution in [0, 0.1) is 12.8 Å². The van der Waals surface area contributed by atoms with Crippen LogP contribution in [-0.2, 0) is 11.8 Å². The van der Waals surface area contributed by atoms with Crippen LogP contribution >= 0.6 is 0 Å². The molecule has 1 fully saturated rings. The molecule has 9 heteroatoms. The summed E-state index contributed by atoms with van der Waals surface area (Å²) >= 11 is 0. The highest BCUT2D eigenvalue weighted by molar-refractivity contribution is 6.01. The Labute approximate surface area is 186 Å². The fourth-order valence-electron chi connectivity index (χ4n) is 3.77. The Morgan fingerprint density at radius 3 is 2.69 bits per heavy atom. The number of carbonyl (C=O) groups is 2. The molecule has 3 heterocycles. The van der Waals surface area contributed by atoms with Crippen LogP contribution in [0.1, 0.15) is 37.8 Å². The summed E-state index contributed by atoms with van der Waals surface area (Å²) in [7, 11) is 1.85. The van der Waals surface area contributed by atoms with Crippen LogP contribution in [0.2, 0.25) is 0 Å². The van der Waals surface area contributed by atoms with Crippen molar-refractivity contribution in [3.8, 4) is 22.8 Å². The molecule has 3 amide bonds. The van der Waals surface area contributed by atoms with E-state index in [1.165, 1.54) is 0 Å². The number of hydrogen-bond donors (Lipinski definition) is 2. The molecule has 1 aliphatic rings. The number of urea groups is 1. The number of amides is 3. The Hall–Kier alpha value is -3.75. The number of nitrogens with one attached hydrogen (secondary N) is 2. The summed E-state index contributed by atoms with van der Waals surface area (Å²) in [5.74, 6) is 1.20. The smallest absolute Gasteiger partial charge is 0.327 e. The lowest BCUT2D eigenvalue weighted by atomic mass is 9.89. The molecule has 2 N–H and O–H groups in total. The molecule has 0 bridgehead atoms. The molecule has 1 aliphatic carbocycles. The van der Waals surface area contributed by atoms with Crippen molar-refractivity contribution in [3.05, 3.63) is 48.5 Å². The maximum Gasteiger partial charge on any atom is 0.327 e. The maximum absolute atomic E-state index is 12.2. The lowest BCUT2D eigenvalue weighted by Crippen LogP contribution is -2.39. The molecule has 166 valence electrons. The Balaban J connectivity index is 1.38. The quantitative estimate of drug-likeness (QED) is 0.622. The highest BCUT2D eigenvalue weighted by Gasteiger charge is 2.22. The summed E-state index contributed by atoms with van der Waals surface area (Å²) in [5.41, 5.74) is 2.24. The second-order valence-electron chi connectivity index (χ2n) is 7.94. The van der Waals surface area contributed by atoms with Gasteiger partial charge < -0.3 is 4.74 Å². The van der Waals surface area contributed by atoms with Crippen LogP contribution in [0.3, 0.4) is 0 Å². The predicted octanol–water partition coefficient (Wildman–Crippen LogP) is 4.21. The van der Waals surface area contributed by atoms with Crippen LogP contribution in [0.4, 0.5) is 10.6 Å². The van der Waals surface area contributed by atoms with Crippen molar-refractivity contribution < 1.29 is 14.3 Å². The topological polar surface area (TPSA) is 111 Å². The zero-order chi connectivity index (χ0) is 22.5. The number of aryl methyl sites for hydroxylation is 2. The average molecular weight is 435 g/mol. The molecular weight excluding hydrogens is 408 g/mol. The van der Waals surface area contributed by atoms with Crippen molar-refractivity contribution >= 4 is 17.8 Å². The lowest BCUT2D eigenvalue weighted by Gasteiger charge is -2.20.